The molecule has 20 heavy (non-hydrogen) atoms. The highest BCUT2D eigenvalue weighted by molar-refractivity contribution is 7.99. The van der Waals surface area contributed by atoms with E-state index in [0.717, 1.165) is 29.0 Å². The molecule has 0 aliphatic heterocycles. The number of thioether (sulfide) groups is 1. The highest BCUT2D eigenvalue weighted by Gasteiger charge is 2.10. The van der Waals surface area contributed by atoms with E-state index in [2.05, 4.69) is 29.1 Å². The molecule has 0 fully saturated rings. The summed E-state index contributed by atoms with van der Waals surface area (Å²) in [5.74, 6) is 0.409. The Labute approximate surface area is 127 Å². The fourth-order valence-corrected chi connectivity index (χ4v) is 2.79. The first-order chi connectivity index (χ1) is 9.62. The van der Waals surface area contributed by atoms with Crippen molar-refractivity contribution in [2.24, 2.45) is 0 Å². The third-order valence-corrected chi connectivity index (χ3v) is 4.22. The second-order valence-electron chi connectivity index (χ2n) is 4.57. The maximum Gasteiger partial charge on any atom is 0.230 e. The Balaban J connectivity index is 1.93. The van der Waals surface area contributed by atoms with Gasteiger partial charge >= 0.3 is 0 Å². The molecule has 0 aliphatic rings. The monoisotopic (exact) mass is 311 g/mol. The zero-order valence-corrected chi connectivity index (χ0v) is 13.1. The van der Waals surface area contributed by atoms with Crippen molar-refractivity contribution < 1.29 is 4.79 Å². The number of fused-ring (bicyclic) bond motifs is 1. The van der Waals surface area contributed by atoms with E-state index in [1.807, 2.05) is 12.1 Å². The Morgan fingerprint density at radius 3 is 2.90 bits per heavy atom. The van der Waals surface area contributed by atoms with Gasteiger partial charge in [-0.1, -0.05) is 37.2 Å². The van der Waals surface area contributed by atoms with E-state index in [9.17, 15) is 4.79 Å². The average molecular weight is 312 g/mol. The van der Waals surface area contributed by atoms with Gasteiger partial charge in [0, 0.05) is 11.1 Å². The summed E-state index contributed by atoms with van der Waals surface area (Å²) in [4.78, 5) is 19.4. The number of amides is 1. The van der Waals surface area contributed by atoms with E-state index in [4.69, 9.17) is 11.6 Å². The first-order valence-corrected chi connectivity index (χ1v) is 8.06. The van der Waals surface area contributed by atoms with Gasteiger partial charge in [-0.3, -0.25) is 4.79 Å². The predicted octanol–water partition coefficient (Wildman–Crippen LogP) is 3.61. The van der Waals surface area contributed by atoms with E-state index < -0.39 is 0 Å². The quantitative estimate of drug-likeness (QED) is 0.801. The summed E-state index contributed by atoms with van der Waals surface area (Å²) in [6.07, 6.45) is 1.91. The van der Waals surface area contributed by atoms with Crippen LogP contribution in [-0.4, -0.2) is 27.7 Å². The van der Waals surface area contributed by atoms with Crippen LogP contribution in [0.25, 0.3) is 11.0 Å². The molecule has 2 N–H and O–H groups in total. The van der Waals surface area contributed by atoms with Gasteiger partial charge in [0.05, 0.1) is 16.8 Å². The lowest BCUT2D eigenvalue weighted by Gasteiger charge is -2.13. The Morgan fingerprint density at radius 2 is 2.20 bits per heavy atom. The summed E-state index contributed by atoms with van der Waals surface area (Å²) in [7, 11) is 0. The van der Waals surface area contributed by atoms with Gasteiger partial charge in [-0.25, -0.2) is 4.98 Å². The minimum atomic E-state index is 0.0437. The van der Waals surface area contributed by atoms with Crippen LogP contribution >= 0.6 is 23.4 Å². The normalized spacial score (nSPS) is 11.2. The predicted molar refractivity (Wildman–Crippen MR) is 84.3 cm³/mol. The number of carbonyl (C=O) groups is 1. The zero-order chi connectivity index (χ0) is 14.5. The lowest BCUT2D eigenvalue weighted by Crippen LogP contribution is -2.35. The molecule has 4 nitrogen and oxygen atoms in total. The first kappa shape index (κ1) is 15.2. The number of rotatable bonds is 6. The molecule has 1 heterocycles. The highest BCUT2D eigenvalue weighted by Crippen LogP contribution is 2.22. The van der Waals surface area contributed by atoms with Crippen LogP contribution < -0.4 is 5.32 Å². The molecule has 0 bridgehead atoms. The number of carbonyl (C=O) groups excluding carboxylic acids is 1. The smallest absolute Gasteiger partial charge is 0.230 e. The third kappa shape index (κ3) is 3.90. The number of imidazole rings is 1. The molecule has 0 atom stereocenters. The molecular weight excluding hydrogens is 294 g/mol. The van der Waals surface area contributed by atoms with Gasteiger partial charge in [-0.2, -0.15) is 0 Å². The molecular formula is C14H18ClN3OS. The van der Waals surface area contributed by atoms with Gasteiger partial charge in [0.25, 0.3) is 0 Å². The molecule has 0 unspecified atom stereocenters. The zero-order valence-electron chi connectivity index (χ0n) is 11.6. The minimum absolute atomic E-state index is 0.0437. The van der Waals surface area contributed by atoms with Crippen LogP contribution in [-0.2, 0) is 4.79 Å². The molecule has 1 aromatic carbocycles. The van der Waals surface area contributed by atoms with Crippen molar-refractivity contribution in [1.29, 1.82) is 0 Å². The lowest BCUT2D eigenvalue weighted by molar-refractivity contribution is -0.119. The van der Waals surface area contributed by atoms with Crippen LogP contribution in [0.4, 0.5) is 0 Å². The van der Waals surface area contributed by atoms with Crippen molar-refractivity contribution in [3.8, 4) is 0 Å². The summed E-state index contributed by atoms with van der Waals surface area (Å²) < 4.78 is 0. The second-order valence-corrected chi connectivity index (χ2v) is 5.97. The summed E-state index contributed by atoms with van der Waals surface area (Å²) in [6, 6.07) is 5.76. The van der Waals surface area contributed by atoms with Crippen molar-refractivity contribution >= 4 is 40.3 Å². The van der Waals surface area contributed by atoms with Crippen LogP contribution in [0.1, 0.15) is 26.7 Å². The summed E-state index contributed by atoms with van der Waals surface area (Å²) in [5, 5.41) is 4.42. The number of aromatic amines is 1. The van der Waals surface area contributed by atoms with E-state index in [0.29, 0.717) is 10.8 Å². The Kier molecular flexibility index (Phi) is 5.31. The Bertz CT molecular complexity index is 595. The number of hydrogen-bond acceptors (Lipinski definition) is 3. The summed E-state index contributed by atoms with van der Waals surface area (Å²) >= 11 is 7.33. The van der Waals surface area contributed by atoms with Gasteiger partial charge < -0.3 is 10.3 Å². The lowest BCUT2D eigenvalue weighted by atomic mass is 10.2. The van der Waals surface area contributed by atoms with E-state index in [1.54, 1.807) is 6.07 Å². The number of aromatic nitrogens is 2. The maximum atomic E-state index is 11.8. The Hall–Kier alpha value is -1.20. The molecule has 0 aliphatic carbocycles. The van der Waals surface area contributed by atoms with Gasteiger partial charge in [-0.15, -0.1) is 0 Å². The largest absolute Gasteiger partial charge is 0.353 e. The minimum Gasteiger partial charge on any atom is -0.353 e. The van der Waals surface area contributed by atoms with Gasteiger partial charge in [-0.05, 0) is 31.0 Å². The second kappa shape index (κ2) is 6.99. The van der Waals surface area contributed by atoms with E-state index in [1.165, 1.54) is 11.8 Å². The fourth-order valence-electron chi connectivity index (χ4n) is 1.92. The van der Waals surface area contributed by atoms with Gasteiger partial charge in [0.2, 0.25) is 5.91 Å². The topological polar surface area (TPSA) is 57.8 Å². The molecule has 0 saturated carbocycles. The van der Waals surface area contributed by atoms with Crippen molar-refractivity contribution in [3.05, 3.63) is 23.2 Å². The standard InChI is InChI=1S/C14H18ClN3OS/c1-3-10(4-2)16-13(19)8-20-14-17-11-6-5-9(15)7-12(11)18-14/h5-7,10H,3-4,8H2,1-2H3,(H,16,19)(H,17,18). The molecule has 1 aromatic heterocycles. The molecule has 0 spiro atoms. The average Bonchev–Trinajstić information content (AvgIpc) is 2.84. The molecule has 6 heteroatoms. The number of benzene rings is 1. The van der Waals surface area contributed by atoms with Crippen LogP contribution in [0.15, 0.2) is 23.4 Å². The van der Waals surface area contributed by atoms with E-state index >= 15 is 0 Å². The number of nitrogens with zero attached hydrogens (tertiary/aromatic N) is 1. The third-order valence-electron chi connectivity index (χ3n) is 3.11. The molecule has 2 rings (SSSR count). The van der Waals surface area contributed by atoms with Crippen molar-refractivity contribution in [2.45, 2.75) is 37.9 Å². The van der Waals surface area contributed by atoms with Crippen molar-refractivity contribution in [2.75, 3.05) is 5.75 Å². The number of nitrogens with one attached hydrogen (secondary N) is 2. The van der Waals surface area contributed by atoms with Crippen molar-refractivity contribution in [1.82, 2.24) is 15.3 Å². The van der Waals surface area contributed by atoms with Crippen LogP contribution in [0.5, 0.6) is 0 Å². The van der Waals surface area contributed by atoms with Gasteiger partial charge in [0.15, 0.2) is 5.16 Å². The number of H-pyrrole nitrogens is 1. The van der Waals surface area contributed by atoms with E-state index in [-0.39, 0.29) is 11.9 Å². The summed E-state index contributed by atoms with van der Waals surface area (Å²) in [6.45, 7) is 4.15. The SMILES string of the molecule is CCC(CC)NC(=O)CSc1nc2ccc(Cl)cc2[nH]1. The number of halogens is 1. The van der Waals surface area contributed by atoms with Crippen LogP contribution in [0.2, 0.25) is 5.02 Å². The van der Waals surface area contributed by atoms with Crippen LogP contribution in [0, 0.1) is 0 Å². The Morgan fingerprint density at radius 1 is 1.45 bits per heavy atom. The molecule has 0 saturated heterocycles. The number of hydrogen-bond donors (Lipinski definition) is 2. The van der Waals surface area contributed by atoms with Crippen molar-refractivity contribution in [3.63, 3.8) is 0 Å². The highest BCUT2D eigenvalue weighted by atomic mass is 35.5. The molecule has 1 amide bonds. The first-order valence-electron chi connectivity index (χ1n) is 6.69. The maximum absolute atomic E-state index is 11.8. The molecule has 0 radical (unpaired) electrons. The molecule has 108 valence electrons. The van der Waals surface area contributed by atoms with Crippen LogP contribution in [0.3, 0.4) is 0 Å². The molecule has 2 aromatic rings. The van der Waals surface area contributed by atoms with Gasteiger partial charge in [0.1, 0.15) is 0 Å². The fraction of sp³-hybridized carbons (Fsp3) is 0.429. The summed E-state index contributed by atoms with van der Waals surface area (Å²) in [5.41, 5.74) is 1.75.